The molecular formula is C8H16N2O6S2. The number of nitrogens with one attached hydrogen (secondary N) is 2. The molecule has 1 aliphatic rings. The number of carbonyl (C=O) groups is 1. The normalized spacial score (nSPS) is 18.5. The van der Waals surface area contributed by atoms with E-state index in [4.69, 9.17) is 5.11 Å². The van der Waals surface area contributed by atoms with E-state index in [0.717, 1.165) is 19.1 Å². The molecule has 1 fully saturated rings. The predicted molar refractivity (Wildman–Crippen MR) is 64.0 cm³/mol. The van der Waals surface area contributed by atoms with Crippen LogP contribution in [-0.2, 0) is 24.8 Å². The molecule has 0 aromatic heterocycles. The fourth-order valence-corrected chi connectivity index (χ4v) is 3.21. The number of hydrogen-bond donors (Lipinski definition) is 3. The fourth-order valence-electron chi connectivity index (χ4n) is 1.21. The minimum Gasteiger partial charge on any atom is -0.480 e. The van der Waals surface area contributed by atoms with Crippen LogP contribution >= 0.6 is 0 Å². The van der Waals surface area contributed by atoms with Gasteiger partial charge in [-0.3, -0.25) is 4.79 Å². The molecule has 1 saturated carbocycles. The van der Waals surface area contributed by atoms with Crippen molar-refractivity contribution < 1.29 is 26.7 Å². The summed E-state index contributed by atoms with van der Waals surface area (Å²) in [4.78, 5) is 10.8. The average Bonchev–Trinajstić information content (AvgIpc) is 2.93. The maximum atomic E-state index is 11.5. The topological polar surface area (TPSA) is 130 Å². The lowest BCUT2D eigenvalue weighted by Crippen LogP contribution is -2.47. The maximum Gasteiger partial charge on any atom is 0.321 e. The minimum atomic E-state index is -3.91. The van der Waals surface area contributed by atoms with E-state index in [0.29, 0.717) is 0 Å². The van der Waals surface area contributed by atoms with Gasteiger partial charge in [0.15, 0.2) is 0 Å². The van der Waals surface area contributed by atoms with Crippen LogP contribution < -0.4 is 9.44 Å². The van der Waals surface area contributed by atoms with Crippen LogP contribution in [-0.4, -0.2) is 52.0 Å². The highest BCUT2D eigenvalue weighted by molar-refractivity contribution is 7.90. The smallest absolute Gasteiger partial charge is 0.321 e. The van der Waals surface area contributed by atoms with E-state index in [1.807, 2.05) is 4.72 Å². The van der Waals surface area contributed by atoms with Crippen molar-refractivity contribution in [2.45, 2.75) is 31.3 Å². The van der Waals surface area contributed by atoms with E-state index < -0.39 is 37.8 Å². The summed E-state index contributed by atoms with van der Waals surface area (Å²) in [5.74, 6) is -1.80. The summed E-state index contributed by atoms with van der Waals surface area (Å²) < 4.78 is 49.0. The molecule has 1 aliphatic carbocycles. The Labute approximate surface area is 106 Å². The molecule has 0 aromatic carbocycles. The van der Waals surface area contributed by atoms with Gasteiger partial charge in [-0.2, -0.15) is 17.9 Å². The summed E-state index contributed by atoms with van der Waals surface area (Å²) >= 11 is 0. The summed E-state index contributed by atoms with van der Waals surface area (Å²) in [6.45, 7) is 0. The van der Waals surface area contributed by atoms with Crippen molar-refractivity contribution >= 4 is 26.0 Å². The van der Waals surface area contributed by atoms with E-state index in [1.165, 1.54) is 0 Å². The summed E-state index contributed by atoms with van der Waals surface area (Å²) in [6, 6.07) is -1.59. The zero-order valence-corrected chi connectivity index (χ0v) is 11.4. The van der Waals surface area contributed by atoms with Gasteiger partial charge in [0.05, 0.1) is 5.75 Å². The third kappa shape index (κ3) is 6.28. The lowest BCUT2D eigenvalue weighted by atomic mass is 10.2. The van der Waals surface area contributed by atoms with Crippen molar-refractivity contribution in [2.24, 2.45) is 0 Å². The number of carboxylic acid groups (broad SMARTS) is 1. The molecule has 8 nitrogen and oxygen atoms in total. The van der Waals surface area contributed by atoms with Crippen LogP contribution in [0.15, 0.2) is 0 Å². The number of rotatable bonds is 8. The highest BCUT2D eigenvalue weighted by atomic mass is 32.2. The molecule has 106 valence electrons. The summed E-state index contributed by atoms with van der Waals surface area (Å²) in [5.41, 5.74) is 0. The van der Waals surface area contributed by atoms with Crippen LogP contribution in [0.2, 0.25) is 0 Å². The second kappa shape index (κ2) is 5.51. The Morgan fingerprint density at radius 3 is 2.28 bits per heavy atom. The Morgan fingerprint density at radius 1 is 1.33 bits per heavy atom. The molecule has 0 radical (unpaired) electrons. The summed E-state index contributed by atoms with van der Waals surface area (Å²) in [6.07, 6.45) is 2.10. The van der Waals surface area contributed by atoms with Gasteiger partial charge in [0.2, 0.25) is 0 Å². The third-order valence-electron chi connectivity index (χ3n) is 2.27. The van der Waals surface area contributed by atoms with Gasteiger partial charge in [0, 0.05) is 12.3 Å². The van der Waals surface area contributed by atoms with Crippen LogP contribution in [0.4, 0.5) is 0 Å². The summed E-state index contributed by atoms with van der Waals surface area (Å²) in [7, 11) is -7.24. The predicted octanol–water partition coefficient (Wildman–Crippen LogP) is -1.54. The first-order valence-electron chi connectivity index (χ1n) is 5.29. The first-order chi connectivity index (χ1) is 8.09. The lowest BCUT2D eigenvalue weighted by Gasteiger charge is -2.14. The van der Waals surface area contributed by atoms with Gasteiger partial charge in [-0.05, 0) is 19.3 Å². The molecule has 1 atom stereocenters. The number of carboxylic acids is 1. The van der Waals surface area contributed by atoms with Crippen molar-refractivity contribution in [2.75, 3.05) is 12.0 Å². The second-order valence-corrected chi connectivity index (χ2v) is 8.06. The second-order valence-electron chi connectivity index (χ2n) is 4.32. The van der Waals surface area contributed by atoms with Crippen LogP contribution in [0.25, 0.3) is 0 Å². The molecule has 0 aliphatic heterocycles. The van der Waals surface area contributed by atoms with Crippen molar-refractivity contribution in [3.63, 3.8) is 0 Å². The Hall–Kier alpha value is -0.710. The van der Waals surface area contributed by atoms with Crippen molar-refractivity contribution in [1.29, 1.82) is 0 Å². The van der Waals surface area contributed by atoms with Gasteiger partial charge in [0.25, 0.3) is 10.2 Å². The van der Waals surface area contributed by atoms with Gasteiger partial charge in [-0.25, -0.2) is 8.42 Å². The quantitative estimate of drug-likeness (QED) is 0.498. The van der Waals surface area contributed by atoms with Crippen molar-refractivity contribution in [3.05, 3.63) is 0 Å². The number of sulfone groups is 1. The largest absolute Gasteiger partial charge is 0.480 e. The minimum absolute atomic E-state index is 0.146. The zero-order chi connectivity index (χ0) is 14.0. The SMILES string of the molecule is CS(=O)(=O)CCC(NS(=O)(=O)NC1CC1)C(=O)O. The van der Waals surface area contributed by atoms with Crippen LogP contribution in [0, 0.1) is 0 Å². The Morgan fingerprint density at radius 2 is 1.89 bits per heavy atom. The van der Waals surface area contributed by atoms with Crippen LogP contribution in [0.3, 0.4) is 0 Å². The van der Waals surface area contributed by atoms with Gasteiger partial charge in [0.1, 0.15) is 15.9 Å². The van der Waals surface area contributed by atoms with Crippen molar-refractivity contribution in [3.8, 4) is 0 Å². The van der Waals surface area contributed by atoms with Crippen LogP contribution in [0.1, 0.15) is 19.3 Å². The van der Waals surface area contributed by atoms with E-state index in [1.54, 1.807) is 0 Å². The first kappa shape index (κ1) is 15.3. The van der Waals surface area contributed by atoms with Gasteiger partial charge < -0.3 is 5.11 Å². The number of aliphatic carboxylic acids is 1. The third-order valence-corrected chi connectivity index (χ3v) is 4.49. The monoisotopic (exact) mass is 300 g/mol. The molecule has 0 saturated heterocycles. The van der Waals surface area contributed by atoms with Gasteiger partial charge in [-0.1, -0.05) is 0 Å². The molecular weight excluding hydrogens is 284 g/mol. The van der Waals surface area contributed by atoms with E-state index >= 15 is 0 Å². The Balaban J connectivity index is 2.59. The van der Waals surface area contributed by atoms with E-state index in [9.17, 15) is 21.6 Å². The molecule has 18 heavy (non-hydrogen) atoms. The molecule has 0 bridgehead atoms. The summed E-state index contributed by atoms with van der Waals surface area (Å²) in [5, 5.41) is 8.83. The highest BCUT2D eigenvalue weighted by Gasteiger charge is 2.30. The molecule has 0 spiro atoms. The molecule has 0 heterocycles. The van der Waals surface area contributed by atoms with Crippen LogP contribution in [0.5, 0.6) is 0 Å². The molecule has 1 rings (SSSR count). The molecule has 0 aromatic rings. The van der Waals surface area contributed by atoms with E-state index in [-0.39, 0.29) is 12.5 Å². The van der Waals surface area contributed by atoms with E-state index in [2.05, 4.69) is 4.72 Å². The molecule has 1 unspecified atom stereocenters. The van der Waals surface area contributed by atoms with Gasteiger partial charge >= 0.3 is 5.97 Å². The van der Waals surface area contributed by atoms with Crippen molar-refractivity contribution in [1.82, 2.24) is 9.44 Å². The molecule has 3 N–H and O–H groups in total. The molecule has 10 heteroatoms. The number of hydrogen-bond acceptors (Lipinski definition) is 5. The average molecular weight is 300 g/mol. The van der Waals surface area contributed by atoms with Gasteiger partial charge in [-0.15, -0.1) is 0 Å². The fraction of sp³-hybridized carbons (Fsp3) is 0.875. The first-order valence-corrected chi connectivity index (χ1v) is 8.83. The maximum absolute atomic E-state index is 11.5. The zero-order valence-electron chi connectivity index (χ0n) is 9.79. The lowest BCUT2D eigenvalue weighted by molar-refractivity contribution is -0.139. The highest BCUT2D eigenvalue weighted by Crippen LogP contribution is 2.19. The Kier molecular flexibility index (Phi) is 4.70. The standard InChI is InChI=1S/C8H16N2O6S2/c1-17(13,14)5-4-7(8(11)12)10-18(15,16)9-6-2-3-6/h6-7,9-10H,2-5H2,1H3,(H,11,12). The molecule has 0 amide bonds. The Bertz CT molecular complexity index is 508.